The largest absolute Gasteiger partial charge is 0.264 e. The normalized spacial score (nSPS) is 9.67. The third kappa shape index (κ3) is 1.94. The van der Waals surface area contributed by atoms with E-state index in [9.17, 15) is 0 Å². The molecular formula is C11H15N. The Balaban J connectivity index is 3.13. The van der Waals surface area contributed by atoms with E-state index in [2.05, 4.69) is 38.7 Å². The van der Waals surface area contributed by atoms with E-state index >= 15 is 0 Å². The second-order valence-electron chi connectivity index (χ2n) is 3.38. The van der Waals surface area contributed by atoms with Crippen molar-refractivity contribution in [3.05, 3.63) is 35.2 Å². The second-order valence-corrected chi connectivity index (χ2v) is 3.38. The van der Waals surface area contributed by atoms with E-state index in [-0.39, 0.29) is 0 Å². The maximum atomic E-state index is 4.15. The van der Waals surface area contributed by atoms with Gasteiger partial charge in [0.05, 0.1) is 0 Å². The summed E-state index contributed by atoms with van der Waals surface area (Å²) < 4.78 is 0. The zero-order valence-electron chi connectivity index (χ0n) is 8.18. The Morgan fingerprint density at radius 3 is 2.33 bits per heavy atom. The van der Waals surface area contributed by atoms with Crippen molar-refractivity contribution in [3.8, 4) is 0 Å². The Hall–Kier alpha value is -1.11. The Kier molecular flexibility index (Phi) is 2.64. The van der Waals surface area contributed by atoms with E-state index in [1.54, 1.807) is 0 Å². The predicted molar refractivity (Wildman–Crippen MR) is 52.9 cm³/mol. The van der Waals surface area contributed by atoms with Crippen LogP contribution in [-0.4, -0.2) is 4.98 Å². The summed E-state index contributed by atoms with van der Waals surface area (Å²) in [7, 11) is 0. The van der Waals surface area contributed by atoms with Crippen LogP contribution in [0, 0.1) is 6.92 Å². The maximum Gasteiger partial charge on any atom is 0.0343 e. The van der Waals surface area contributed by atoms with Gasteiger partial charge in [-0.1, -0.05) is 5.57 Å². The highest BCUT2D eigenvalue weighted by Gasteiger charge is 1.97. The summed E-state index contributed by atoms with van der Waals surface area (Å²) in [5, 5.41) is 0. The summed E-state index contributed by atoms with van der Waals surface area (Å²) in [4.78, 5) is 4.15. The minimum atomic E-state index is 1.22. The van der Waals surface area contributed by atoms with Gasteiger partial charge in [0, 0.05) is 12.4 Å². The third-order valence-corrected chi connectivity index (χ3v) is 2.06. The molecule has 12 heavy (non-hydrogen) atoms. The number of aryl methyl sites for hydroxylation is 1. The minimum Gasteiger partial charge on any atom is -0.264 e. The summed E-state index contributed by atoms with van der Waals surface area (Å²) >= 11 is 0. The average molecular weight is 161 g/mol. The molecule has 0 aliphatic rings. The molecule has 0 aliphatic heterocycles. The molecule has 64 valence electrons. The van der Waals surface area contributed by atoms with E-state index in [1.165, 1.54) is 22.3 Å². The van der Waals surface area contributed by atoms with Crippen LogP contribution in [0.1, 0.15) is 31.9 Å². The summed E-state index contributed by atoms with van der Waals surface area (Å²) in [6, 6.07) is 2.16. The highest BCUT2D eigenvalue weighted by molar-refractivity contribution is 5.65. The lowest BCUT2D eigenvalue weighted by molar-refractivity contribution is 1.24. The van der Waals surface area contributed by atoms with Crippen LogP contribution in [0.25, 0.3) is 5.57 Å². The summed E-state index contributed by atoms with van der Waals surface area (Å²) in [6.45, 7) is 8.44. The molecule has 1 rings (SSSR count). The third-order valence-electron chi connectivity index (χ3n) is 2.06. The first-order valence-electron chi connectivity index (χ1n) is 4.17. The maximum absolute atomic E-state index is 4.15. The molecule has 0 aromatic carbocycles. The van der Waals surface area contributed by atoms with Gasteiger partial charge in [0.15, 0.2) is 0 Å². The minimum absolute atomic E-state index is 1.22. The van der Waals surface area contributed by atoms with Crippen molar-refractivity contribution in [2.45, 2.75) is 27.7 Å². The molecule has 0 fully saturated rings. The fraction of sp³-hybridized carbons (Fsp3) is 0.364. The van der Waals surface area contributed by atoms with Crippen LogP contribution in [0.15, 0.2) is 24.0 Å². The van der Waals surface area contributed by atoms with Gasteiger partial charge in [-0.15, -0.1) is 0 Å². The quantitative estimate of drug-likeness (QED) is 0.616. The highest BCUT2D eigenvalue weighted by Crippen LogP contribution is 2.17. The number of rotatable bonds is 1. The Morgan fingerprint density at radius 2 is 1.83 bits per heavy atom. The summed E-state index contributed by atoms with van der Waals surface area (Å²) in [6.07, 6.45) is 3.79. The molecule has 1 heterocycles. The average Bonchev–Trinajstić information content (AvgIpc) is 2.03. The van der Waals surface area contributed by atoms with Crippen molar-refractivity contribution in [2.24, 2.45) is 0 Å². The van der Waals surface area contributed by atoms with E-state index in [0.717, 1.165) is 0 Å². The van der Waals surface area contributed by atoms with Gasteiger partial charge in [-0.05, 0) is 50.5 Å². The first-order valence-corrected chi connectivity index (χ1v) is 4.17. The van der Waals surface area contributed by atoms with Crippen LogP contribution in [0.3, 0.4) is 0 Å². The zero-order valence-corrected chi connectivity index (χ0v) is 8.18. The SMILES string of the molecule is CC(C)=C(C)c1cncc(C)c1. The molecule has 0 atom stereocenters. The van der Waals surface area contributed by atoms with Gasteiger partial charge in [0.25, 0.3) is 0 Å². The Morgan fingerprint density at radius 1 is 1.17 bits per heavy atom. The zero-order chi connectivity index (χ0) is 9.14. The van der Waals surface area contributed by atoms with Crippen molar-refractivity contribution < 1.29 is 0 Å². The van der Waals surface area contributed by atoms with Crippen LogP contribution in [0.5, 0.6) is 0 Å². The van der Waals surface area contributed by atoms with Crippen molar-refractivity contribution in [3.63, 3.8) is 0 Å². The predicted octanol–water partition coefficient (Wildman–Crippen LogP) is 3.20. The molecule has 0 unspecified atom stereocenters. The van der Waals surface area contributed by atoms with Crippen molar-refractivity contribution in [1.82, 2.24) is 4.98 Å². The number of pyridine rings is 1. The molecule has 1 aromatic heterocycles. The van der Waals surface area contributed by atoms with Gasteiger partial charge >= 0.3 is 0 Å². The molecule has 0 spiro atoms. The Labute approximate surface area is 74.2 Å². The lowest BCUT2D eigenvalue weighted by Crippen LogP contribution is -1.85. The molecule has 0 saturated carbocycles. The van der Waals surface area contributed by atoms with Gasteiger partial charge < -0.3 is 0 Å². The molecule has 0 radical (unpaired) electrons. The van der Waals surface area contributed by atoms with Crippen molar-refractivity contribution in [2.75, 3.05) is 0 Å². The molecule has 0 bridgehead atoms. The number of allylic oxidation sites excluding steroid dienone is 2. The standard InChI is InChI=1S/C11H15N/c1-8(2)10(4)11-5-9(3)6-12-7-11/h5-7H,1-4H3. The van der Waals surface area contributed by atoms with Crippen molar-refractivity contribution in [1.29, 1.82) is 0 Å². The molecule has 1 heteroatoms. The summed E-state index contributed by atoms with van der Waals surface area (Å²) in [5.41, 5.74) is 5.12. The number of aromatic nitrogens is 1. The lowest BCUT2D eigenvalue weighted by Gasteiger charge is -2.03. The number of nitrogens with zero attached hydrogens (tertiary/aromatic N) is 1. The summed E-state index contributed by atoms with van der Waals surface area (Å²) in [5.74, 6) is 0. The first-order chi connectivity index (χ1) is 5.61. The van der Waals surface area contributed by atoms with Crippen molar-refractivity contribution >= 4 is 5.57 Å². The van der Waals surface area contributed by atoms with Crippen LogP contribution < -0.4 is 0 Å². The van der Waals surface area contributed by atoms with Gasteiger partial charge in [-0.2, -0.15) is 0 Å². The van der Waals surface area contributed by atoms with E-state index in [0.29, 0.717) is 0 Å². The van der Waals surface area contributed by atoms with Crippen LogP contribution in [-0.2, 0) is 0 Å². The molecule has 1 nitrogen and oxygen atoms in total. The van der Waals surface area contributed by atoms with E-state index < -0.39 is 0 Å². The fourth-order valence-corrected chi connectivity index (χ4v) is 1.05. The van der Waals surface area contributed by atoms with Gasteiger partial charge in [0.1, 0.15) is 0 Å². The molecule has 1 aromatic rings. The molecule has 0 N–H and O–H groups in total. The number of hydrogen-bond acceptors (Lipinski definition) is 1. The van der Waals surface area contributed by atoms with Gasteiger partial charge in [-0.3, -0.25) is 4.98 Å². The smallest absolute Gasteiger partial charge is 0.0343 e. The lowest BCUT2D eigenvalue weighted by atomic mass is 10.0. The first kappa shape index (κ1) is 8.98. The highest BCUT2D eigenvalue weighted by atomic mass is 14.6. The molecule has 0 saturated heterocycles. The second kappa shape index (κ2) is 3.53. The van der Waals surface area contributed by atoms with Gasteiger partial charge in [-0.25, -0.2) is 0 Å². The van der Waals surface area contributed by atoms with Crippen LogP contribution >= 0.6 is 0 Å². The molecular weight excluding hydrogens is 146 g/mol. The van der Waals surface area contributed by atoms with E-state index in [4.69, 9.17) is 0 Å². The fourth-order valence-electron chi connectivity index (χ4n) is 1.05. The number of hydrogen-bond donors (Lipinski definition) is 0. The van der Waals surface area contributed by atoms with E-state index in [1.807, 2.05) is 12.4 Å². The molecule has 0 amide bonds. The molecule has 0 aliphatic carbocycles. The van der Waals surface area contributed by atoms with Crippen LogP contribution in [0.4, 0.5) is 0 Å². The van der Waals surface area contributed by atoms with Crippen LogP contribution in [0.2, 0.25) is 0 Å². The Bertz CT molecular complexity index is 307. The van der Waals surface area contributed by atoms with Gasteiger partial charge in [0.2, 0.25) is 0 Å². The topological polar surface area (TPSA) is 12.9 Å². The monoisotopic (exact) mass is 161 g/mol.